The highest BCUT2D eigenvalue weighted by Gasteiger charge is 2.15. The molecule has 0 aliphatic carbocycles. The first-order valence-corrected chi connectivity index (χ1v) is 6.52. The summed E-state index contributed by atoms with van der Waals surface area (Å²) in [7, 11) is 0. The Labute approximate surface area is 122 Å². The van der Waals surface area contributed by atoms with Gasteiger partial charge in [-0.1, -0.05) is 11.3 Å². The van der Waals surface area contributed by atoms with E-state index >= 15 is 0 Å². The summed E-state index contributed by atoms with van der Waals surface area (Å²) in [6.07, 6.45) is 1.27. The third-order valence-electron chi connectivity index (χ3n) is 2.62. The molecule has 0 aliphatic rings. The molecule has 9 heteroatoms. The molecule has 3 N–H and O–H groups in total. The van der Waals surface area contributed by atoms with Gasteiger partial charge in [0.05, 0.1) is 11.1 Å². The maximum atomic E-state index is 12.0. The van der Waals surface area contributed by atoms with Gasteiger partial charge in [-0.25, -0.2) is 4.98 Å². The zero-order valence-electron chi connectivity index (χ0n) is 10.8. The highest BCUT2D eigenvalue weighted by molar-refractivity contribution is 7.17. The number of nitro benzene ring substituents is 1. The number of carbonyl (C=O) groups is 2. The molecule has 2 rings (SSSR count). The van der Waals surface area contributed by atoms with Crippen molar-refractivity contribution in [2.24, 2.45) is 5.73 Å². The molecule has 0 aliphatic heterocycles. The topological polar surface area (TPSA) is 128 Å². The van der Waals surface area contributed by atoms with Crippen molar-refractivity contribution in [2.75, 3.05) is 5.32 Å². The minimum Gasteiger partial charge on any atom is -0.365 e. The highest BCUT2D eigenvalue weighted by atomic mass is 32.1. The van der Waals surface area contributed by atoms with E-state index in [2.05, 4.69) is 10.3 Å². The average molecular weight is 306 g/mol. The standard InChI is InChI=1S/C12H10N4O4S/c1-6-4-7(2-3-8(6)16(19)20)11(18)15-12-14-5-9(21-12)10(13)17/h2-5H,1H3,(H2,13,17)(H,14,15,18). The van der Waals surface area contributed by atoms with Crippen molar-refractivity contribution in [1.82, 2.24) is 4.98 Å². The van der Waals surface area contributed by atoms with Gasteiger partial charge < -0.3 is 5.73 Å². The summed E-state index contributed by atoms with van der Waals surface area (Å²) < 4.78 is 0. The van der Waals surface area contributed by atoms with Crippen molar-refractivity contribution in [2.45, 2.75) is 6.92 Å². The third-order valence-corrected chi connectivity index (χ3v) is 3.55. The molecule has 1 heterocycles. The maximum Gasteiger partial charge on any atom is 0.272 e. The number of anilines is 1. The monoisotopic (exact) mass is 306 g/mol. The van der Waals surface area contributed by atoms with Crippen LogP contribution >= 0.6 is 11.3 Å². The second-order valence-electron chi connectivity index (χ2n) is 4.11. The van der Waals surface area contributed by atoms with E-state index < -0.39 is 16.7 Å². The van der Waals surface area contributed by atoms with Crippen LogP contribution in [-0.4, -0.2) is 21.7 Å². The quantitative estimate of drug-likeness (QED) is 0.656. The molecule has 0 atom stereocenters. The van der Waals surface area contributed by atoms with E-state index in [1.807, 2.05) is 0 Å². The number of nitrogens with two attached hydrogens (primary N) is 1. The van der Waals surface area contributed by atoms with Crippen LogP contribution < -0.4 is 11.1 Å². The number of benzene rings is 1. The smallest absolute Gasteiger partial charge is 0.272 e. The third kappa shape index (κ3) is 3.20. The normalized spacial score (nSPS) is 10.1. The van der Waals surface area contributed by atoms with Crippen LogP contribution in [0.1, 0.15) is 25.6 Å². The van der Waals surface area contributed by atoms with Gasteiger partial charge in [-0.05, 0) is 19.1 Å². The molecule has 0 radical (unpaired) electrons. The predicted octanol–water partition coefficient (Wildman–Crippen LogP) is 1.71. The maximum absolute atomic E-state index is 12.0. The number of nitrogens with one attached hydrogen (secondary N) is 1. The largest absolute Gasteiger partial charge is 0.365 e. The number of primary amides is 1. The SMILES string of the molecule is Cc1cc(C(=O)Nc2ncc(C(N)=O)s2)ccc1[N+](=O)[O-]. The van der Waals surface area contributed by atoms with Crippen LogP contribution in [0.5, 0.6) is 0 Å². The van der Waals surface area contributed by atoms with E-state index in [9.17, 15) is 19.7 Å². The molecular weight excluding hydrogens is 296 g/mol. The van der Waals surface area contributed by atoms with E-state index in [0.717, 1.165) is 11.3 Å². The van der Waals surface area contributed by atoms with Crippen molar-refractivity contribution in [3.05, 3.63) is 50.5 Å². The summed E-state index contributed by atoms with van der Waals surface area (Å²) >= 11 is 0.950. The van der Waals surface area contributed by atoms with Crippen molar-refractivity contribution >= 4 is 34.0 Å². The van der Waals surface area contributed by atoms with E-state index in [0.29, 0.717) is 5.56 Å². The number of hydrogen-bond donors (Lipinski definition) is 2. The number of nitrogens with zero attached hydrogens (tertiary/aromatic N) is 2. The molecular formula is C12H10N4O4S. The minimum atomic E-state index is -0.626. The van der Waals surface area contributed by atoms with E-state index in [1.165, 1.54) is 24.4 Å². The molecule has 0 unspecified atom stereocenters. The fraction of sp³-hybridized carbons (Fsp3) is 0.0833. The summed E-state index contributed by atoms with van der Waals surface area (Å²) in [6.45, 7) is 1.55. The Bertz CT molecular complexity index is 741. The first-order valence-electron chi connectivity index (χ1n) is 5.70. The van der Waals surface area contributed by atoms with E-state index in [4.69, 9.17) is 5.73 Å². The molecule has 1 aromatic carbocycles. The molecule has 108 valence electrons. The number of carbonyl (C=O) groups excluding carboxylic acids is 2. The second-order valence-corrected chi connectivity index (χ2v) is 5.14. The van der Waals surface area contributed by atoms with Crippen molar-refractivity contribution in [3.8, 4) is 0 Å². The molecule has 0 saturated carbocycles. The number of hydrogen-bond acceptors (Lipinski definition) is 6. The van der Waals surface area contributed by atoms with Crippen LogP contribution in [-0.2, 0) is 0 Å². The van der Waals surface area contributed by atoms with Gasteiger partial charge in [-0.3, -0.25) is 25.0 Å². The fourth-order valence-electron chi connectivity index (χ4n) is 1.62. The van der Waals surface area contributed by atoms with Gasteiger partial charge in [-0.2, -0.15) is 0 Å². The zero-order chi connectivity index (χ0) is 15.6. The van der Waals surface area contributed by atoms with Crippen molar-refractivity contribution in [1.29, 1.82) is 0 Å². The van der Waals surface area contributed by atoms with Crippen LogP contribution in [0, 0.1) is 17.0 Å². The lowest BCUT2D eigenvalue weighted by atomic mass is 10.1. The van der Waals surface area contributed by atoms with Gasteiger partial charge in [0, 0.05) is 17.2 Å². The molecule has 2 aromatic rings. The van der Waals surface area contributed by atoms with Crippen LogP contribution in [0.2, 0.25) is 0 Å². The van der Waals surface area contributed by atoms with Gasteiger partial charge in [0.15, 0.2) is 5.13 Å². The van der Waals surface area contributed by atoms with E-state index in [1.54, 1.807) is 6.92 Å². The lowest BCUT2D eigenvalue weighted by Gasteiger charge is -2.03. The van der Waals surface area contributed by atoms with Crippen molar-refractivity contribution < 1.29 is 14.5 Å². The molecule has 2 amide bonds. The molecule has 8 nitrogen and oxygen atoms in total. The van der Waals surface area contributed by atoms with Gasteiger partial charge in [0.2, 0.25) is 0 Å². The Morgan fingerprint density at radius 2 is 2.14 bits per heavy atom. The van der Waals surface area contributed by atoms with Gasteiger partial charge in [0.25, 0.3) is 17.5 Å². The summed E-state index contributed by atoms with van der Waals surface area (Å²) in [6, 6.07) is 4.03. The van der Waals surface area contributed by atoms with Gasteiger partial charge in [0.1, 0.15) is 4.88 Å². The number of aryl methyl sites for hydroxylation is 1. The van der Waals surface area contributed by atoms with Crippen LogP contribution in [0.15, 0.2) is 24.4 Å². The molecule has 0 fully saturated rings. The Kier molecular flexibility index (Phi) is 3.94. The molecule has 0 spiro atoms. The Balaban J connectivity index is 2.18. The summed E-state index contributed by atoms with van der Waals surface area (Å²) in [4.78, 5) is 37.2. The highest BCUT2D eigenvalue weighted by Crippen LogP contribution is 2.21. The van der Waals surface area contributed by atoms with Crippen LogP contribution in [0.3, 0.4) is 0 Å². The number of rotatable bonds is 4. The second kappa shape index (κ2) is 5.67. The van der Waals surface area contributed by atoms with Crippen LogP contribution in [0.25, 0.3) is 0 Å². The summed E-state index contributed by atoms with van der Waals surface area (Å²) in [5.41, 5.74) is 5.67. The zero-order valence-corrected chi connectivity index (χ0v) is 11.6. The van der Waals surface area contributed by atoms with Gasteiger partial charge >= 0.3 is 0 Å². The number of thiazole rings is 1. The molecule has 0 saturated heterocycles. The Hall–Kier alpha value is -2.81. The summed E-state index contributed by atoms with van der Waals surface area (Å²) in [5, 5.41) is 13.4. The van der Waals surface area contributed by atoms with Crippen LogP contribution in [0.4, 0.5) is 10.8 Å². The van der Waals surface area contributed by atoms with E-state index in [-0.39, 0.29) is 21.3 Å². The summed E-state index contributed by atoms with van der Waals surface area (Å²) in [5.74, 6) is -1.10. The number of nitro groups is 1. The predicted molar refractivity (Wildman–Crippen MR) is 76.4 cm³/mol. The van der Waals surface area contributed by atoms with Gasteiger partial charge in [-0.15, -0.1) is 0 Å². The molecule has 1 aromatic heterocycles. The Morgan fingerprint density at radius 1 is 1.43 bits per heavy atom. The number of aromatic nitrogens is 1. The molecule has 0 bridgehead atoms. The fourth-order valence-corrected chi connectivity index (χ4v) is 2.28. The Morgan fingerprint density at radius 3 is 2.67 bits per heavy atom. The minimum absolute atomic E-state index is 0.0585. The first-order chi connectivity index (χ1) is 9.88. The first kappa shape index (κ1) is 14.6. The lowest BCUT2D eigenvalue weighted by molar-refractivity contribution is -0.385. The van der Waals surface area contributed by atoms with Crippen molar-refractivity contribution in [3.63, 3.8) is 0 Å². The molecule has 21 heavy (non-hydrogen) atoms. The number of amides is 2. The average Bonchev–Trinajstić information content (AvgIpc) is 2.86. The lowest BCUT2D eigenvalue weighted by Crippen LogP contribution is -2.12.